The van der Waals surface area contributed by atoms with Crippen molar-refractivity contribution in [1.29, 1.82) is 0 Å². The molecule has 1 amide bonds. The van der Waals surface area contributed by atoms with Crippen LogP contribution in [0, 0.1) is 5.92 Å². The zero-order valence-corrected chi connectivity index (χ0v) is 14.2. The number of carbonyl (C=O) groups excluding carboxylic acids is 1. The van der Waals surface area contributed by atoms with Gasteiger partial charge in [-0.25, -0.2) is 0 Å². The van der Waals surface area contributed by atoms with E-state index in [-0.39, 0.29) is 5.91 Å². The summed E-state index contributed by atoms with van der Waals surface area (Å²) in [5.74, 6) is 1.25. The SMILES string of the molecule is CC(Oc1ccc2ccccc2c1)C(=O)Nc1cnn(CC2CC2)c1. The summed E-state index contributed by atoms with van der Waals surface area (Å²) in [7, 11) is 0. The third-order valence-corrected chi connectivity index (χ3v) is 4.45. The Labute approximate surface area is 146 Å². The molecule has 5 heteroatoms. The maximum Gasteiger partial charge on any atom is 0.265 e. The highest BCUT2D eigenvalue weighted by molar-refractivity contribution is 5.94. The van der Waals surface area contributed by atoms with E-state index < -0.39 is 6.10 Å². The number of hydrogen-bond acceptors (Lipinski definition) is 3. The van der Waals surface area contributed by atoms with Crippen LogP contribution in [-0.4, -0.2) is 21.8 Å². The molecule has 0 bridgehead atoms. The Hall–Kier alpha value is -2.82. The minimum absolute atomic E-state index is 0.181. The van der Waals surface area contributed by atoms with Crippen LogP contribution >= 0.6 is 0 Å². The van der Waals surface area contributed by atoms with Crippen molar-refractivity contribution in [1.82, 2.24) is 9.78 Å². The molecule has 0 saturated heterocycles. The first-order valence-corrected chi connectivity index (χ1v) is 8.66. The minimum Gasteiger partial charge on any atom is -0.481 e. The van der Waals surface area contributed by atoms with E-state index in [2.05, 4.69) is 16.5 Å². The number of carbonyl (C=O) groups is 1. The van der Waals surface area contributed by atoms with Gasteiger partial charge >= 0.3 is 0 Å². The summed E-state index contributed by atoms with van der Waals surface area (Å²) in [4.78, 5) is 12.4. The maximum absolute atomic E-state index is 12.4. The molecular formula is C20H21N3O2. The molecule has 1 aliphatic carbocycles. The number of amides is 1. The lowest BCUT2D eigenvalue weighted by Crippen LogP contribution is -2.30. The van der Waals surface area contributed by atoms with Gasteiger partial charge in [-0.15, -0.1) is 0 Å². The zero-order chi connectivity index (χ0) is 17.2. The Bertz CT molecular complexity index is 899. The van der Waals surface area contributed by atoms with Crippen LogP contribution in [0.1, 0.15) is 19.8 Å². The summed E-state index contributed by atoms with van der Waals surface area (Å²) < 4.78 is 7.69. The largest absolute Gasteiger partial charge is 0.481 e. The predicted octanol–water partition coefficient (Wildman–Crippen LogP) is 3.85. The molecule has 25 heavy (non-hydrogen) atoms. The molecular weight excluding hydrogens is 314 g/mol. The van der Waals surface area contributed by atoms with Crippen LogP contribution in [0.2, 0.25) is 0 Å². The van der Waals surface area contributed by atoms with Crippen LogP contribution in [0.5, 0.6) is 5.75 Å². The number of nitrogens with zero attached hydrogens (tertiary/aromatic N) is 2. The first-order valence-electron chi connectivity index (χ1n) is 8.66. The number of nitrogens with one attached hydrogen (secondary N) is 1. The fourth-order valence-electron chi connectivity index (χ4n) is 2.84. The Kier molecular flexibility index (Phi) is 4.14. The lowest BCUT2D eigenvalue weighted by Gasteiger charge is -2.14. The molecule has 1 unspecified atom stereocenters. The first-order chi connectivity index (χ1) is 12.2. The lowest BCUT2D eigenvalue weighted by molar-refractivity contribution is -0.122. The number of fused-ring (bicyclic) bond motifs is 1. The first kappa shape index (κ1) is 15.7. The van der Waals surface area contributed by atoms with Crippen molar-refractivity contribution < 1.29 is 9.53 Å². The van der Waals surface area contributed by atoms with E-state index in [1.54, 1.807) is 13.1 Å². The number of benzene rings is 2. The van der Waals surface area contributed by atoms with Gasteiger partial charge in [0.15, 0.2) is 6.10 Å². The van der Waals surface area contributed by atoms with Crippen molar-refractivity contribution in [3.05, 3.63) is 54.9 Å². The van der Waals surface area contributed by atoms with Crippen LogP contribution in [0.25, 0.3) is 10.8 Å². The van der Waals surface area contributed by atoms with E-state index in [1.165, 1.54) is 12.8 Å². The summed E-state index contributed by atoms with van der Waals surface area (Å²) in [6, 6.07) is 13.9. The third kappa shape index (κ3) is 3.82. The molecule has 1 fully saturated rings. The molecule has 3 aromatic rings. The number of ether oxygens (including phenoxy) is 1. The lowest BCUT2D eigenvalue weighted by atomic mass is 10.1. The van der Waals surface area contributed by atoms with Gasteiger partial charge in [-0.05, 0) is 48.6 Å². The number of rotatable bonds is 6. The predicted molar refractivity (Wildman–Crippen MR) is 97.6 cm³/mol. The fourth-order valence-corrected chi connectivity index (χ4v) is 2.84. The second-order valence-corrected chi connectivity index (χ2v) is 6.65. The van der Waals surface area contributed by atoms with Crippen molar-refractivity contribution in [2.24, 2.45) is 5.92 Å². The molecule has 128 valence electrons. The monoisotopic (exact) mass is 335 g/mol. The zero-order valence-electron chi connectivity index (χ0n) is 14.2. The summed E-state index contributed by atoms with van der Waals surface area (Å²) in [5, 5.41) is 9.39. The Morgan fingerprint density at radius 2 is 2.08 bits per heavy atom. The fraction of sp³-hybridized carbons (Fsp3) is 0.300. The number of aromatic nitrogens is 2. The van der Waals surface area contributed by atoms with Crippen LogP contribution in [0.3, 0.4) is 0 Å². The summed E-state index contributed by atoms with van der Waals surface area (Å²) in [6.07, 6.45) is 5.52. The molecule has 1 aromatic heterocycles. The molecule has 1 heterocycles. The van der Waals surface area contributed by atoms with Crippen LogP contribution in [0.15, 0.2) is 54.9 Å². The van der Waals surface area contributed by atoms with Crippen LogP contribution < -0.4 is 10.1 Å². The highest BCUT2D eigenvalue weighted by Gasteiger charge is 2.22. The van der Waals surface area contributed by atoms with Gasteiger partial charge in [-0.3, -0.25) is 9.48 Å². The molecule has 1 saturated carbocycles. The Balaban J connectivity index is 1.38. The van der Waals surface area contributed by atoms with E-state index in [4.69, 9.17) is 4.74 Å². The van der Waals surface area contributed by atoms with Gasteiger partial charge in [-0.2, -0.15) is 5.10 Å². The number of anilines is 1. The van der Waals surface area contributed by atoms with E-state index >= 15 is 0 Å². The van der Waals surface area contributed by atoms with Gasteiger partial charge in [-0.1, -0.05) is 30.3 Å². The Morgan fingerprint density at radius 1 is 1.28 bits per heavy atom. The summed E-state index contributed by atoms with van der Waals surface area (Å²) in [5.41, 5.74) is 0.708. The van der Waals surface area contributed by atoms with E-state index in [0.29, 0.717) is 11.4 Å². The molecule has 4 rings (SSSR count). The van der Waals surface area contributed by atoms with Crippen LogP contribution in [0.4, 0.5) is 5.69 Å². The van der Waals surface area contributed by atoms with Crippen molar-refractivity contribution in [3.63, 3.8) is 0 Å². The van der Waals surface area contributed by atoms with Gasteiger partial charge in [0.05, 0.1) is 11.9 Å². The average Bonchev–Trinajstić information content (AvgIpc) is 3.32. The molecule has 1 N–H and O–H groups in total. The van der Waals surface area contributed by atoms with Crippen molar-refractivity contribution in [2.45, 2.75) is 32.4 Å². The molecule has 1 aliphatic rings. The van der Waals surface area contributed by atoms with Crippen molar-refractivity contribution in [3.8, 4) is 5.75 Å². The third-order valence-electron chi connectivity index (χ3n) is 4.45. The van der Waals surface area contributed by atoms with Gasteiger partial charge < -0.3 is 10.1 Å². The van der Waals surface area contributed by atoms with Crippen molar-refractivity contribution >= 4 is 22.4 Å². The van der Waals surface area contributed by atoms with E-state index in [1.807, 2.05) is 47.3 Å². The molecule has 5 nitrogen and oxygen atoms in total. The molecule has 0 spiro atoms. The molecule has 0 radical (unpaired) electrons. The van der Waals surface area contributed by atoms with Crippen LogP contribution in [-0.2, 0) is 11.3 Å². The second-order valence-electron chi connectivity index (χ2n) is 6.65. The molecule has 1 atom stereocenters. The number of hydrogen-bond donors (Lipinski definition) is 1. The standard InChI is InChI=1S/C20H21N3O2/c1-14(25-19-9-8-16-4-2-3-5-17(16)10-19)20(24)22-18-11-21-23(13-18)12-15-6-7-15/h2-5,8-11,13-15H,6-7,12H2,1H3,(H,22,24). The average molecular weight is 335 g/mol. The minimum atomic E-state index is -0.590. The quantitative estimate of drug-likeness (QED) is 0.744. The van der Waals surface area contributed by atoms with Gasteiger partial charge in [0.1, 0.15) is 5.75 Å². The van der Waals surface area contributed by atoms with E-state index in [0.717, 1.165) is 23.2 Å². The topological polar surface area (TPSA) is 56.1 Å². The Morgan fingerprint density at radius 3 is 2.88 bits per heavy atom. The molecule has 2 aromatic carbocycles. The smallest absolute Gasteiger partial charge is 0.265 e. The van der Waals surface area contributed by atoms with Crippen molar-refractivity contribution in [2.75, 3.05) is 5.32 Å². The highest BCUT2D eigenvalue weighted by Crippen LogP contribution is 2.30. The summed E-state index contributed by atoms with van der Waals surface area (Å²) in [6.45, 7) is 2.68. The van der Waals surface area contributed by atoms with E-state index in [9.17, 15) is 4.79 Å². The normalized spacial score (nSPS) is 15.1. The molecule has 0 aliphatic heterocycles. The maximum atomic E-state index is 12.4. The van der Waals surface area contributed by atoms with Gasteiger partial charge in [0, 0.05) is 12.7 Å². The highest BCUT2D eigenvalue weighted by atomic mass is 16.5. The van der Waals surface area contributed by atoms with Gasteiger partial charge in [0.2, 0.25) is 0 Å². The second kappa shape index (κ2) is 6.59. The van der Waals surface area contributed by atoms with Gasteiger partial charge in [0.25, 0.3) is 5.91 Å². The summed E-state index contributed by atoms with van der Waals surface area (Å²) >= 11 is 0.